The Morgan fingerprint density at radius 2 is 2.15 bits per heavy atom. The number of aromatic amines is 1. The van der Waals surface area contributed by atoms with Gasteiger partial charge in [-0.2, -0.15) is 0 Å². The predicted octanol–water partition coefficient (Wildman–Crippen LogP) is 3.80. The van der Waals surface area contributed by atoms with E-state index in [4.69, 9.17) is 0 Å². The fraction of sp³-hybridized carbons (Fsp3) is 0.273. The normalized spacial score (nSPS) is 11.0. The largest absolute Gasteiger partial charge is 0.357 e. The molecule has 1 N–H and O–H groups in total. The van der Waals surface area contributed by atoms with Gasteiger partial charge in [0.25, 0.3) is 0 Å². The number of H-pyrrole nitrogens is 1. The van der Waals surface area contributed by atoms with Crippen LogP contribution in [0.4, 0.5) is 0 Å². The van der Waals surface area contributed by atoms with Gasteiger partial charge in [0.05, 0.1) is 5.52 Å². The number of nitrogens with one attached hydrogen (secondary N) is 1. The Morgan fingerprint density at radius 1 is 1.38 bits per heavy atom. The van der Waals surface area contributed by atoms with E-state index in [2.05, 4.69) is 53.0 Å². The summed E-state index contributed by atoms with van der Waals surface area (Å²) in [5, 5.41) is 1.34. The zero-order chi connectivity index (χ0) is 9.42. The van der Waals surface area contributed by atoms with Crippen molar-refractivity contribution in [1.82, 2.24) is 4.98 Å². The van der Waals surface area contributed by atoms with E-state index in [-0.39, 0.29) is 0 Å². The average molecular weight is 238 g/mol. The molecule has 0 aliphatic heterocycles. The maximum atomic E-state index is 3.54. The fourth-order valence-corrected chi connectivity index (χ4v) is 2.29. The number of benzene rings is 1. The van der Waals surface area contributed by atoms with E-state index >= 15 is 0 Å². The lowest BCUT2D eigenvalue weighted by Gasteiger charge is -1.95. The van der Waals surface area contributed by atoms with Crippen molar-refractivity contribution in [2.45, 2.75) is 20.3 Å². The first-order valence-electron chi connectivity index (χ1n) is 4.49. The molecular formula is C11H12BrN. The molecule has 0 radical (unpaired) electrons. The van der Waals surface area contributed by atoms with Crippen molar-refractivity contribution in [3.05, 3.63) is 33.9 Å². The summed E-state index contributed by atoms with van der Waals surface area (Å²) in [7, 11) is 0. The molecule has 0 aliphatic carbocycles. The predicted molar refractivity (Wildman–Crippen MR) is 60.1 cm³/mol. The molecule has 2 rings (SSSR count). The summed E-state index contributed by atoms with van der Waals surface area (Å²) < 4.78 is 1.15. The molecule has 2 aromatic rings. The molecule has 2 heteroatoms. The number of aromatic nitrogens is 1. The second-order valence-electron chi connectivity index (χ2n) is 3.24. The topological polar surface area (TPSA) is 15.8 Å². The van der Waals surface area contributed by atoms with Gasteiger partial charge < -0.3 is 4.98 Å². The zero-order valence-corrected chi connectivity index (χ0v) is 9.40. The summed E-state index contributed by atoms with van der Waals surface area (Å²) in [5.41, 5.74) is 3.93. The van der Waals surface area contributed by atoms with E-state index < -0.39 is 0 Å². The minimum atomic E-state index is 1.09. The maximum absolute atomic E-state index is 3.54. The van der Waals surface area contributed by atoms with Crippen molar-refractivity contribution >= 4 is 26.8 Å². The van der Waals surface area contributed by atoms with Crippen molar-refractivity contribution in [2.75, 3.05) is 0 Å². The number of aryl methyl sites for hydroxylation is 2. The lowest BCUT2D eigenvalue weighted by Crippen LogP contribution is -1.79. The first kappa shape index (κ1) is 8.82. The van der Waals surface area contributed by atoms with Gasteiger partial charge in [-0.15, -0.1) is 0 Å². The molecule has 0 saturated carbocycles. The molecule has 1 aromatic carbocycles. The van der Waals surface area contributed by atoms with Crippen molar-refractivity contribution in [3.63, 3.8) is 0 Å². The number of hydrogen-bond acceptors (Lipinski definition) is 0. The van der Waals surface area contributed by atoms with Crippen LogP contribution in [0.3, 0.4) is 0 Å². The highest BCUT2D eigenvalue weighted by molar-refractivity contribution is 9.10. The van der Waals surface area contributed by atoms with Crippen LogP contribution < -0.4 is 0 Å². The minimum Gasteiger partial charge on any atom is -0.357 e. The van der Waals surface area contributed by atoms with Crippen LogP contribution in [0.5, 0.6) is 0 Å². The lowest BCUT2D eigenvalue weighted by molar-refractivity contribution is 1.11. The fourth-order valence-electron chi connectivity index (χ4n) is 1.82. The van der Waals surface area contributed by atoms with E-state index in [1.165, 1.54) is 22.2 Å². The first-order valence-corrected chi connectivity index (χ1v) is 5.29. The summed E-state index contributed by atoms with van der Waals surface area (Å²) in [6.07, 6.45) is 1.09. The third kappa shape index (κ3) is 1.29. The van der Waals surface area contributed by atoms with Crippen LogP contribution in [0.25, 0.3) is 10.9 Å². The molecule has 68 valence electrons. The smallest absolute Gasteiger partial charge is 0.0603 e. The second kappa shape index (κ2) is 3.18. The minimum absolute atomic E-state index is 1.09. The van der Waals surface area contributed by atoms with Crippen molar-refractivity contribution in [1.29, 1.82) is 0 Å². The summed E-state index contributed by atoms with van der Waals surface area (Å²) in [5.74, 6) is 0. The molecule has 1 aromatic heterocycles. The van der Waals surface area contributed by atoms with Gasteiger partial charge in [0, 0.05) is 15.6 Å². The molecule has 0 aliphatic rings. The van der Waals surface area contributed by atoms with Crippen LogP contribution in [-0.2, 0) is 6.42 Å². The van der Waals surface area contributed by atoms with Gasteiger partial charge in [0.2, 0.25) is 0 Å². The highest BCUT2D eigenvalue weighted by Gasteiger charge is 2.07. The molecule has 0 saturated heterocycles. The molecule has 0 fully saturated rings. The molecule has 1 nitrogen and oxygen atoms in total. The Balaban J connectivity index is 2.86. The van der Waals surface area contributed by atoms with E-state index in [0.717, 1.165) is 10.9 Å². The van der Waals surface area contributed by atoms with Crippen LogP contribution in [0.15, 0.2) is 22.7 Å². The molecule has 1 heterocycles. The van der Waals surface area contributed by atoms with Crippen LogP contribution in [0.1, 0.15) is 18.2 Å². The standard InChI is InChI=1S/C11H12BrN/c1-3-8-7(2)13-11-9(8)5-4-6-10(11)12/h4-6,13H,3H2,1-2H3. The first-order chi connectivity index (χ1) is 6.24. The maximum Gasteiger partial charge on any atom is 0.0603 e. The second-order valence-corrected chi connectivity index (χ2v) is 4.10. The summed E-state index contributed by atoms with van der Waals surface area (Å²) in [6.45, 7) is 4.32. The third-order valence-electron chi connectivity index (χ3n) is 2.46. The average Bonchev–Trinajstić information content (AvgIpc) is 2.43. The van der Waals surface area contributed by atoms with Gasteiger partial charge in [-0.25, -0.2) is 0 Å². The van der Waals surface area contributed by atoms with Gasteiger partial charge in [-0.1, -0.05) is 19.1 Å². The Hall–Kier alpha value is -0.760. The van der Waals surface area contributed by atoms with Crippen molar-refractivity contribution in [3.8, 4) is 0 Å². The van der Waals surface area contributed by atoms with Crippen LogP contribution in [0, 0.1) is 6.92 Å². The lowest BCUT2D eigenvalue weighted by atomic mass is 10.1. The van der Waals surface area contributed by atoms with Gasteiger partial charge in [0.1, 0.15) is 0 Å². The third-order valence-corrected chi connectivity index (χ3v) is 3.12. The van der Waals surface area contributed by atoms with Gasteiger partial charge >= 0.3 is 0 Å². The van der Waals surface area contributed by atoms with Gasteiger partial charge in [-0.05, 0) is 40.9 Å². The van der Waals surface area contributed by atoms with Crippen molar-refractivity contribution in [2.24, 2.45) is 0 Å². The number of fused-ring (bicyclic) bond motifs is 1. The number of halogens is 1. The van der Waals surface area contributed by atoms with Gasteiger partial charge in [-0.3, -0.25) is 0 Å². The SMILES string of the molecule is CCc1c(C)[nH]c2c(Br)cccc12. The highest BCUT2D eigenvalue weighted by Crippen LogP contribution is 2.28. The Bertz CT molecular complexity index is 443. The summed E-state index contributed by atoms with van der Waals surface area (Å²) in [4.78, 5) is 3.40. The van der Waals surface area contributed by atoms with E-state index in [1.807, 2.05) is 0 Å². The van der Waals surface area contributed by atoms with Crippen LogP contribution in [-0.4, -0.2) is 4.98 Å². The zero-order valence-electron chi connectivity index (χ0n) is 7.82. The number of rotatable bonds is 1. The van der Waals surface area contributed by atoms with Crippen molar-refractivity contribution < 1.29 is 0 Å². The molecular weight excluding hydrogens is 226 g/mol. The molecule has 0 atom stereocenters. The van der Waals surface area contributed by atoms with E-state index in [0.29, 0.717) is 0 Å². The molecule has 0 amide bonds. The molecule has 13 heavy (non-hydrogen) atoms. The number of para-hydroxylation sites is 1. The highest BCUT2D eigenvalue weighted by atomic mass is 79.9. The monoisotopic (exact) mass is 237 g/mol. The quantitative estimate of drug-likeness (QED) is 0.777. The molecule has 0 bridgehead atoms. The van der Waals surface area contributed by atoms with E-state index in [9.17, 15) is 0 Å². The summed E-state index contributed by atoms with van der Waals surface area (Å²) in [6, 6.07) is 6.32. The van der Waals surface area contributed by atoms with Crippen LogP contribution in [0.2, 0.25) is 0 Å². The molecule has 0 spiro atoms. The number of hydrogen-bond donors (Lipinski definition) is 1. The Kier molecular flexibility index (Phi) is 2.16. The Labute approximate surface area is 86.3 Å². The summed E-state index contributed by atoms with van der Waals surface area (Å²) >= 11 is 3.54. The van der Waals surface area contributed by atoms with Gasteiger partial charge in [0.15, 0.2) is 0 Å². The Morgan fingerprint density at radius 3 is 2.85 bits per heavy atom. The van der Waals surface area contributed by atoms with E-state index in [1.54, 1.807) is 0 Å². The molecule has 0 unspecified atom stereocenters. The van der Waals surface area contributed by atoms with Crippen LogP contribution >= 0.6 is 15.9 Å².